The zero-order valence-corrected chi connectivity index (χ0v) is 12.9. The molecule has 0 spiro atoms. The summed E-state index contributed by atoms with van der Waals surface area (Å²) < 4.78 is 1.22. The Bertz CT molecular complexity index is 374. The van der Waals surface area contributed by atoms with Gasteiger partial charge in [-0.25, -0.2) is 0 Å². The van der Waals surface area contributed by atoms with Gasteiger partial charge in [0.05, 0.1) is 0 Å². The number of benzene rings is 1. The van der Waals surface area contributed by atoms with Crippen molar-refractivity contribution in [2.75, 3.05) is 7.05 Å². The minimum atomic E-state index is 0.398. The van der Waals surface area contributed by atoms with Crippen LogP contribution in [0.2, 0.25) is 0 Å². The molecule has 1 aliphatic rings. The molecule has 1 aliphatic carbocycles. The van der Waals surface area contributed by atoms with Gasteiger partial charge in [-0.3, -0.25) is 0 Å². The first-order valence-corrected chi connectivity index (χ1v) is 8.01. The smallest absolute Gasteiger partial charge is 0.0300 e. The fraction of sp³-hybridized carbons (Fsp3) is 0.571. The summed E-state index contributed by atoms with van der Waals surface area (Å²) in [5.74, 6) is 0. The Morgan fingerprint density at radius 3 is 2.65 bits per heavy atom. The van der Waals surface area contributed by atoms with Crippen LogP contribution in [0.5, 0.6) is 0 Å². The van der Waals surface area contributed by atoms with Crippen molar-refractivity contribution in [2.45, 2.75) is 48.8 Å². The van der Waals surface area contributed by atoms with Gasteiger partial charge in [0.25, 0.3) is 0 Å². The Hall–Kier alpha value is 0.01000. The van der Waals surface area contributed by atoms with Crippen LogP contribution < -0.4 is 5.32 Å². The van der Waals surface area contributed by atoms with E-state index in [1.165, 1.54) is 40.6 Å². The minimum Gasteiger partial charge on any atom is -0.313 e. The van der Waals surface area contributed by atoms with Crippen LogP contribution in [0.15, 0.2) is 27.6 Å². The number of thioether (sulfide) groups is 1. The molecule has 0 radical (unpaired) electrons. The molecule has 17 heavy (non-hydrogen) atoms. The van der Waals surface area contributed by atoms with E-state index in [1.807, 2.05) is 18.8 Å². The first kappa shape index (κ1) is 13.4. The molecule has 0 heterocycles. The van der Waals surface area contributed by atoms with Crippen molar-refractivity contribution >= 4 is 27.7 Å². The summed E-state index contributed by atoms with van der Waals surface area (Å²) in [5, 5.41) is 4.12. The van der Waals surface area contributed by atoms with E-state index in [0.717, 1.165) is 5.25 Å². The minimum absolute atomic E-state index is 0.398. The van der Waals surface area contributed by atoms with Gasteiger partial charge in [-0.15, -0.1) is 11.8 Å². The van der Waals surface area contributed by atoms with Crippen molar-refractivity contribution in [1.82, 2.24) is 5.32 Å². The van der Waals surface area contributed by atoms with Crippen LogP contribution in [0.4, 0.5) is 0 Å². The first-order chi connectivity index (χ1) is 8.20. The number of nitrogens with one attached hydrogen (secondary N) is 1. The highest BCUT2D eigenvalue weighted by atomic mass is 79.9. The summed E-state index contributed by atoms with van der Waals surface area (Å²) in [6.45, 7) is 2.18. The van der Waals surface area contributed by atoms with E-state index in [-0.39, 0.29) is 0 Å². The highest BCUT2D eigenvalue weighted by Gasteiger charge is 2.16. The Labute approximate surface area is 117 Å². The largest absolute Gasteiger partial charge is 0.313 e. The summed E-state index contributed by atoms with van der Waals surface area (Å²) in [6.07, 6.45) is 5.59. The molecule has 1 saturated carbocycles. The van der Waals surface area contributed by atoms with E-state index in [2.05, 4.69) is 46.4 Å². The van der Waals surface area contributed by atoms with Gasteiger partial charge in [0.15, 0.2) is 0 Å². The van der Waals surface area contributed by atoms with Crippen LogP contribution in [0, 0.1) is 0 Å². The van der Waals surface area contributed by atoms with Crippen molar-refractivity contribution in [1.29, 1.82) is 0 Å². The summed E-state index contributed by atoms with van der Waals surface area (Å²) in [6, 6.07) is 7.17. The fourth-order valence-electron chi connectivity index (χ4n) is 2.29. The SMILES string of the molecule is CNC(C)c1ccc(SC2CCCC2)cc1Br. The molecule has 2 rings (SSSR count). The molecule has 1 unspecified atom stereocenters. The maximum absolute atomic E-state index is 3.68. The summed E-state index contributed by atoms with van der Waals surface area (Å²) in [7, 11) is 2.00. The molecule has 0 bridgehead atoms. The predicted octanol–water partition coefficient (Wildman–Crippen LogP) is 4.76. The maximum atomic E-state index is 3.68. The topological polar surface area (TPSA) is 12.0 Å². The fourth-order valence-corrected chi connectivity index (χ4v) is 4.45. The van der Waals surface area contributed by atoms with Gasteiger partial charge in [0, 0.05) is 20.7 Å². The number of hydrogen-bond donors (Lipinski definition) is 1. The predicted molar refractivity (Wildman–Crippen MR) is 79.7 cm³/mol. The highest BCUT2D eigenvalue weighted by Crippen LogP contribution is 2.36. The second-order valence-electron chi connectivity index (χ2n) is 4.72. The lowest BCUT2D eigenvalue weighted by atomic mass is 10.1. The van der Waals surface area contributed by atoms with Crippen molar-refractivity contribution < 1.29 is 0 Å². The van der Waals surface area contributed by atoms with Crippen molar-refractivity contribution in [3.8, 4) is 0 Å². The lowest BCUT2D eigenvalue weighted by molar-refractivity contribution is 0.649. The number of hydrogen-bond acceptors (Lipinski definition) is 2. The Morgan fingerprint density at radius 2 is 2.06 bits per heavy atom. The van der Waals surface area contributed by atoms with E-state index in [1.54, 1.807) is 0 Å². The van der Waals surface area contributed by atoms with E-state index >= 15 is 0 Å². The lowest BCUT2D eigenvalue weighted by Gasteiger charge is -2.15. The van der Waals surface area contributed by atoms with Gasteiger partial charge >= 0.3 is 0 Å². The molecule has 0 amide bonds. The average Bonchev–Trinajstić information content (AvgIpc) is 2.81. The third-order valence-electron chi connectivity index (χ3n) is 3.48. The Balaban J connectivity index is 2.07. The van der Waals surface area contributed by atoms with Crippen molar-refractivity contribution in [2.24, 2.45) is 0 Å². The van der Waals surface area contributed by atoms with E-state index < -0.39 is 0 Å². The molecule has 94 valence electrons. The molecule has 3 heteroatoms. The summed E-state index contributed by atoms with van der Waals surface area (Å²) >= 11 is 5.73. The second kappa shape index (κ2) is 6.26. The van der Waals surface area contributed by atoms with Crippen LogP contribution in [0.25, 0.3) is 0 Å². The number of rotatable bonds is 4. The van der Waals surface area contributed by atoms with Gasteiger partial charge in [-0.05, 0) is 44.5 Å². The molecule has 1 aromatic rings. The average molecular weight is 314 g/mol. The van der Waals surface area contributed by atoms with Crippen LogP contribution in [-0.4, -0.2) is 12.3 Å². The van der Waals surface area contributed by atoms with E-state index in [9.17, 15) is 0 Å². The molecule has 1 N–H and O–H groups in total. The molecule has 0 aliphatic heterocycles. The summed E-state index contributed by atoms with van der Waals surface area (Å²) in [4.78, 5) is 1.40. The van der Waals surface area contributed by atoms with Gasteiger partial charge in [-0.2, -0.15) is 0 Å². The molecule has 0 aromatic heterocycles. The standard InChI is InChI=1S/C14H20BrNS/c1-10(16-2)13-8-7-12(9-14(13)15)17-11-5-3-4-6-11/h7-11,16H,3-6H2,1-2H3. The molecule has 1 nitrogen and oxygen atoms in total. The maximum Gasteiger partial charge on any atom is 0.0300 e. The van der Waals surface area contributed by atoms with Gasteiger partial charge in [-0.1, -0.05) is 34.8 Å². The van der Waals surface area contributed by atoms with Gasteiger partial charge < -0.3 is 5.32 Å². The summed E-state index contributed by atoms with van der Waals surface area (Å²) in [5.41, 5.74) is 1.34. The van der Waals surface area contributed by atoms with Crippen LogP contribution in [0.3, 0.4) is 0 Å². The van der Waals surface area contributed by atoms with Gasteiger partial charge in [0.1, 0.15) is 0 Å². The van der Waals surface area contributed by atoms with E-state index in [0.29, 0.717) is 6.04 Å². The quantitative estimate of drug-likeness (QED) is 0.859. The molecule has 1 fully saturated rings. The van der Waals surface area contributed by atoms with Crippen molar-refractivity contribution in [3.05, 3.63) is 28.2 Å². The molecule has 0 saturated heterocycles. The number of halogens is 1. The third-order valence-corrected chi connectivity index (χ3v) is 5.49. The Kier molecular flexibility index (Phi) is 4.95. The Morgan fingerprint density at radius 1 is 1.35 bits per heavy atom. The monoisotopic (exact) mass is 313 g/mol. The highest BCUT2D eigenvalue weighted by molar-refractivity contribution is 9.10. The lowest BCUT2D eigenvalue weighted by Crippen LogP contribution is -2.12. The first-order valence-electron chi connectivity index (χ1n) is 6.34. The normalized spacial score (nSPS) is 18.5. The molecular weight excluding hydrogens is 294 g/mol. The molecular formula is C14H20BrNS. The zero-order valence-electron chi connectivity index (χ0n) is 10.5. The second-order valence-corrected chi connectivity index (χ2v) is 6.95. The zero-order chi connectivity index (χ0) is 12.3. The van der Waals surface area contributed by atoms with Crippen LogP contribution in [0.1, 0.15) is 44.2 Å². The molecule has 1 aromatic carbocycles. The van der Waals surface area contributed by atoms with Crippen LogP contribution in [-0.2, 0) is 0 Å². The van der Waals surface area contributed by atoms with Crippen LogP contribution >= 0.6 is 27.7 Å². The van der Waals surface area contributed by atoms with E-state index in [4.69, 9.17) is 0 Å². The third kappa shape index (κ3) is 3.49. The van der Waals surface area contributed by atoms with Crippen molar-refractivity contribution in [3.63, 3.8) is 0 Å². The van der Waals surface area contributed by atoms with Gasteiger partial charge in [0.2, 0.25) is 0 Å². The molecule has 1 atom stereocenters.